The molecule has 4 aromatic rings. The van der Waals surface area contributed by atoms with Gasteiger partial charge in [-0.25, -0.2) is 0 Å². The Morgan fingerprint density at radius 1 is 0.784 bits per heavy atom. The molecule has 5 rings (SSSR count). The molecule has 0 atom stereocenters. The van der Waals surface area contributed by atoms with Gasteiger partial charge in [-0.2, -0.15) is 0 Å². The van der Waals surface area contributed by atoms with Crippen LogP contribution in [0.15, 0.2) is 84.9 Å². The molecule has 0 spiro atoms. The van der Waals surface area contributed by atoms with E-state index in [0.29, 0.717) is 6.42 Å². The predicted molar refractivity (Wildman–Crippen MR) is 154 cm³/mol. The number of Topliss-reactive ketones (excluding diaryl/α,β-unsaturated/α-hetero) is 1. The van der Waals surface area contributed by atoms with Gasteiger partial charge in [0.15, 0.2) is 5.78 Å². The third kappa shape index (κ3) is 5.88. The number of halogens is 1. The van der Waals surface area contributed by atoms with Crippen molar-refractivity contribution >= 4 is 17.4 Å². The second-order valence-electron chi connectivity index (χ2n) is 9.98. The highest BCUT2D eigenvalue weighted by Crippen LogP contribution is 2.34. The van der Waals surface area contributed by atoms with E-state index < -0.39 is 0 Å². The summed E-state index contributed by atoms with van der Waals surface area (Å²) in [6, 6.07) is 28.8. The molecule has 37 heavy (non-hydrogen) atoms. The SMILES string of the molecule is Cc1ccccc1-n1c(-c2ccc(Cl)cc2)ccc1-c1ccc(C(=O)CCCN2CCN(C)CC2)cc1. The summed E-state index contributed by atoms with van der Waals surface area (Å²) in [7, 11) is 2.17. The molecule has 0 radical (unpaired) electrons. The quantitative estimate of drug-likeness (QED) is 0.239. The summed E-state index contributed by atoms with van der Waals surface area (Å²) in [4.78, 5) is 17.7. The number of nitrogens with zero attached hydrogens (tertiary/aromatic N) is 3. The Hall–Kier alpha value is -3.18. The van der Waals surface area contributed by atoms with Crippen LogP contribution in [0, 0.1) is 6.92 Å². The molecule has 0 saturated carbocycles. The minimum atomic E-state index is 0.219. The van der Waals surface area contributed by atoms with Gasteiger partial charge in [-0.1, -0.05) is 66.2 Å². The Bertz CT molecular complexity index is 1350. The number of hydrogen-bond donors (Lipinski definition) is 0. The van der Waals surface area contributed by atoms with Gasteiger partial charge in [0.2, 0.25) is 0 Å². The number of hydrogen-bond acceptors (Lipinski definition) is 3. The first kappa shape index (κ1) is 25.5. The molecule has 4 nitrogen and oxygen atoms in total. The van der Waals surface area contributed by atoms with Crippen LogP contribution >= 0.6 is 11.6 Å². The fraction of sp³-hybridized carbons (Fsp3) is 0.281. The molecule has 0 N–H and O–H groups in total. The monoisotopic (exact) mass is 511 g/mol. The lowest BCUT2D eigenvalue weighted by Gasteiger charge is -2.32. The van der Waals surface area contributed by atoms with E-state index in [9.17, 15) is 4.79 Å². The number of carbonyl (C=O) groups is 1. The maximum atomic E-state index is 12.9. The number of aryl methyl sites for hydroxylation is 1. The molecule has 1 fully saturated rings. The number of aromatic nitrogens is 1. The Balaban J connectivity index is 1.36. The third-order valence-electron chi connectivity index (χ3n) is 7.35. The van der Waals surface area contributed by atoms with Crippen molar-refractivity contribution in [2.24, 2.45) is 0 Å². The second-order valence-corrected chi connectivity index (χ2v) is 10.4. The van der Waals surface area contributed by atoms with Crippen LogP contribution in [0.3, 0.4) is 0 Å². The number of likely N-dealkylation sites (N-methyl/N-ethyl adjacent to an activating group) is 1. The highest BCUT2D eigenvalue weighted by molar-refractivity contribution is 6.30. The number of piperazine rings is 1. The van der Waals surface area contributed by atoms with Crippen LogP contribution in [0.2, 0.25) is 5.02 Å². The summed E-state index contributed by atoms with van der Waals surface area (Å²) >= 11 is 6.16. The number of carbonyl (C=O) groups excluding carboxylic acids is 1. The first-order valence-electron chi connectivity index (χ1n) is 13.1. The van der Waals surface area contributed by atoms with Gasteiger partial charge in [-0.3, -0.25) is 4.79 Å². The number of ketones is 1. The Labute approximate surface area is 225 Å². The van der Waals surface area contributed by atoms with Crippen molar-refractivity contribution in [3.8, 4) is 28.2 Å². The summed E-state index contributed by atoms with van der Waals surface area (Å²) in [5.41, 5.74) is 7.50. The Kier molecular flexibility index (Phi) is 7.90. The number of para-hydroxylation sites is 1. The van der Waals surface area contributed by atoms with E-state index in [0.717, 1.165) is 77.9 Å². The summed E-state index contributed by atoms with van der Waals surface area (Å²) < 4.78 is 2.30. The summed E-state index contributed by atoms with van der Waals surface area (Å²) in [6.07, 6.45) is 1.50. The van der Waals surface area contributed by atoms with Crippen LogP contribution in [0.1, 0.15) is 28.8 Å². The normalized spacial score (nSPS) is 14.7. The smallest absolute Gasteiger partial charge is 0.162 e. The highest BCUT2D eigenvalue weighted by atomic mass is 35.5. The maximum absolute atomic E-state index is 12.9. The van der Waals surface area contributed by atoms with Crippen LogP contribution in [-0.2, 0) is 0 Å². The molecule has 5 heteroatoms. The highest BCUT2D eigenvalue weighted by Gasteiger charge is 2.17. The van der Waals surface area contributed by atoms with Gasteiger partial charge < -0.3 is 14.4 Å². The summed E-state index contributed by atoms with van der Waals surface area (Å²) in [5.74, 6) is 0.219. The zero-order chi connectivity index (χ0) is 25.8. The summed E-state index contributed by atoms with van der Waals surface area (Å²) in [6.45, 7) is 7.54. The Morgan fingerprint density at radius 2 is 1.38 bits per heavy atom. The minimum Gasteiger partial charge on any atom is -0.309 e. The molecule has 1 aliphatic rings. The zero-order valence-electron chi connectivity index (χ0n) is 21.7. The topological polar surface area (TPSA) is 28.5 Å². The molecule has 190 valence electrons. The maximum Gasteiger partial charge on any atom is 0.162 e. The van der Waals surface area contributed by atoms with Gasteiger partial charge in [0.25, 0.3) is 0 Å². The molecule has 2 heterocycles. The van der Waals surface area contributed by atoms with Crippen LogP contribution in [0.25, 0.3) is 28.2 Å². The average molecular weight is 512 g/mol. The van der Waals surface area contributed by atoms with Crippen LogP contribution in [-0.4, -0.2) is 59.9 Å². The van der Waals surface area contributed by atoms with E-state index in [1.807, 2.05) is 24.3 Å². The fourth-order valence-electron chi connectivity index (χ4n) is 5.09. The first-order chi connectivity index (χ1) is 18.0. The molecule has 1 aliphatic heterocycles. The van der Waals surface area contributed by atoms with Crippen molar-refractivity contribution in [1.29, 1.82) is 0 Å². The molecule has 0 amide bonds. The van der Waals surface area contributed by atoms with Gasteiger partial charge in [-0.15, -0.1) is 0 Å². The van der Waals surface area contributed by atoms with Crippen molar-refractivity contribution in [1.82, 2.24) is 14.4 Å². The lowest BCUT2D eigenvalue weighted by molar-refractivity contribution is 0.0967. The van der Waals surface area contributed by atoms with E-state index in [1.165, 1.54) is 5.56 Å². The van der Waals surface area contributed by atoms with Gasteiger partial charge >= 0.3 is 0 Å². The predicted octanol–water partition coefficient (Wildman–Crippen LogP) is 6.98. The molecular weight excluding hydrogens is 478 g/mol. The Morgan fingerprint density at radius 3 is 2.00 bits per heavy atom. The van der Waals surface area contributed by atoms with E-state index in [2.05, 4.69) is 89.0 Å². The first-order valence-corrected chi connectivity index (χ1v) is 13.5. The molecule has 1 saturated heterocycles. The molecule has 0 aliphatic carbocycles. The lowest BCUT2D eigenvalue weighted by Crippen LogP contribution is -2.44. The molecule has 3 aromatic carbocycles. The zero-order valence-corrected chi connectivity index (χ0v) is 22.4. The van der Waals surface area contributed by atoms with E-state index >= 15 is 0 Å². The number of benzene rings is 3. The van der Waals surface area contributed by atoms with Crippen LogP contribution in [0.5, 0.6) is 0 Å². The summed E-state index contributed by atoms with van der Waals surface area (Å²) in [5, 5.41) is 0.724. The molecule has 0 bridgehead atoms. The van der Waals surface area contributed by atoms with Gasteiger partial charge in [0.1, 0.15) is 0 Å². The second kappa shape index (κ2) is 11.5. The van der Waals surface area contributed by atoms with Crippen molar-refractivity contribution in [3.05, 3.63) is 101 Å². The van der Waals surface area contributed by atoms with Gasteiger partial charge in [0, 0.05) is 48.9 Å². The van der Waals surface area contributed by atoms with E-state index in [4.69, 9.17) is 11.6 Å². The molecular formula is C32H34ClN3O. The number of rotatable bonds is 8. The molecule has 0 unspecified atom stereocenters. The largest absolute Gasteiger partial charge is 0.309 e. The average Bonchev–Trinajstić information content (AvgIpc) is 3.35. The van der Waals surface area contributed by atoms with Gasteiger partial charge in [-0.05, 0) is 74.0 Å². The van der Waals surface area contributed by atoms with Crippen molar-refractivity contribution < 1.29 is 4.79 Å². The van der Waals surface area contributed by atoms with Crippen LogP contribution < -0.4 is 0 Å². The van der Waals surface area contributed by atoms with Gasteiger partial charge in [0.05, 0.1) is 11.4 Å². The lowest BCUT2D eigenvalue weighted by atomic mass is 10.0. The van der Waals surface area contributed by atoms with Crippen molar-refractivity contribution in [2.45, 2.75) is 19.8 Å². The minimum absolute atomic E-state index is 0.219. The van der Waals surface area contributed by atoms with E-state index in [1.54, 1.807) is 0 Å². The van der Waals surface area contributed by atoms with Crippen molar-refractivity contribution in [3.63, 3.8) is 0 Å². The standard InChI is InChI=1S/C32H34ClN3O/c1-24-6-3-4-7-29(24)36-30(17-18-31(36)26-13-15-28(33)16-14-26)25-9-11-27(12-10-25)32(37)8-5-19-35-22-20-34(2)21-23-35/h3-4,6-7,9-18H,5,8,19-23H2,1-2H3. The van der Waals surface area contributed by atoms with Crippen LogP contribution in [0.4, 0.5) is 0 Å². The van der Waals surface area contributed by atoms with E-state index in [-0.39, 0.29) is 5.78 Å². The van der Waals surface area contributed by atoms with Crippen molar-refractivity contribution in [2.75, 3.05) is 39.8 Å². The fourth-order valence-corrected chi connectivity index (χ4v) is 5.21. The third-order valence-corrected chi connectivity index (χ3v) is 7.61. The molecule has 1 aromatic heterocycles.